The van der Waals surface area contributed by atoms with Gasteiger partial charge in [0.25, 0.3) is 0 Å². The smallest absolute Gasteiger partial charge is 0.191 e. The number of aliphatic imine (C=N–C) groups is 1. The second-order valence-corrected chi connectivity index (χ2v) is 7.74. The minimum absolute atomic E-state index is 0. The molecule has 0 amide bonds. The van der Waals surface area contributed by atoms with Crippen LogP contribution in [0.2, 0.25) is 0 Å². The number of rotatable bonds is 7. The maximum absolute atomic E-state index is 5.38. The zero-order valence-electron chi connectivity index (χ0n) is 18.4. The van der Waals surface area contributed by atoms with Crippen molar-refractivity contribution in [3.63, 3.8) is 0 Å². The van der Waals surface area contributed by atoms with E-state index in [1.165, 1.54) is 0 Å². The topological polar surface area (TPSA) is 81.8 Å². The average molecular weight is 527 g/mol. The minimum atomic E-state index is 0. The van der Waals surface area contributed by atoms with Gasteiger partial charge >= 0.3 is 0 Å². The molecule has 1 aliphatic rings. The highest BCUT2D eigenvalue weighted by Crippen LogP contribution is 2.15. The van der Waals surface area contributed by atoms with Crippen LogP contribution in [0.5, 0.6) is 0 Å². The summed E-state index contributed by atoms with van der Waals surface area (Å²) in [7, 11) is 2.16. The van der Waals surface area contributed by atoms with Gasteiger partial charge in [0.2, 0.25) is 0 Å². The first kappa shape index (κ1) is 24.4. The summed E-state index contributed by atoms with van der Waals surface area (Å²) in [6.45, 7) is 12.4. The SMILES string of the molecule is CCNC(=NCc1ccc(N2CCN(C)CC2)nc1)NCc1cc(C(C)C)no1.I. The van der Waals surface area contributed by atoms with Crippen molar-refractivity contribution in [2.24, 2.45) is 4.99 Å². The van der Waals surface area contributed by atoms with Crippen LogP contribution in [0.3, 0.4) is 0 Å². The third-order valence-electron chi connectivity index (χ3n) is 5.00. The molecule has 0 aromatic carbocycles. The van der Waals surface area contributed by atoms with E-state index >= 15 is 0 Å². The Labute approximate surface area is 196 Å². The highest BCUT2D eigenvalue weighted by atomic mass is 127. The van der Waals surface area contributed by atoms with Crippen molar-refractivity contribution in [2.45, 2.75) is 39.8 Å². The molecule has 166 valence electrons. The average Bonchev–Trinajstić information content (AvgIpc) is 3.21. The van der Waals surface area contributed by atoms with Gasteiger partial charge in [-0.3, -0.25) is 0 Å². The molecule has 1 fully saturated rings. The Morgan fingerprint density at radius 3 is 2.57 bits per heavy atom. The summed E-state index contributed by atoms with van der Waals surface area (Å²) in [6.07, 6.45) is 1.92. The van der Waals surface area contributed by atoms with Gasteiger partial charge in [-0.25, -0.2) is 9.98 Å². The molecule has 1 saturated heterocycles. The van der Waals surface area contributed by atoms with Crippen LogP contribution in [-0.4, -0.2) is 60.8 Å². The van der Waals surface area contributed by atoms with Crippen LogP contribution in [0.25, 0.3) is 0 Å². The van der Waals surface area contributed by atoms with E-state index in [0.29, 0.717) is 19.0 Å². The van der Waals surface area contributed by atoms with Crippen LogP contribution in [0, 0.1) is 0 Å². The largest absolute Gasteiger partial charge is 0.359 e. The van der Waals surface area contributed by atoms with Gasteiger partial charge in [-0.2, -0.15) is 0 Å². The van der Waals surface area contributed by atoms with Crippen LogP contribution in [0.15, 0.2) is 33.9 Å². The Balaban J connectivity index is 0.00000320. The number of anilines is 1. The van der Waals surface area contributed by atoms with E-state index in [9.17, 15) is 0 Å². The lowest BCUT2D eigenvalue weighted by atomic mass is 10.1. The molecule has 0 radical (unpaired) electrons. The molecule has 0 spiro atoms. The fourth-order valence-electron chi connectivity index (χ4n) is 3.10. The molecule has 30 heavy (non-hydrogen) atoms. The second-order valence-electron chi connectivity index (χ2n) is 7.74. The molecule has 3 heterocycles. The first-order valence-electron chi connectivity index (χ1n) is 10.4. The van der Waals surface area contributed by atoms with Crippen LogP contribution in [-0.2, 0) is 13.1 Å². The highest BCUT2D eigenvalue weighted by Gasteiger charge is 2.15. The third-order valence-corrected chi connectivity index (χ3v) is 5.00. The molecule has 2 aromatic heterocycles. The van der Waals surface area contributed by atoms with E-state index in [-0.39, 0.29) is 24.0 Å². The maximum atomic E-state index is 5.38. The van der Waals surface area contributed by atoms with Gasteiger partial charge < -0.3 is 25.0 Å². The van der Waals surface area contributed by atoms with Crippen molar-refractivity contribution in [1.82, 2.24) is 25.7 Å². The molecular formula is C21H34IN7O. The lowest BCUT2D eigenvalue weighted by molar-refractivity contribution is 0.312. The van der Waals surface area contributed by atoms with E-state index in [1.807, 2.05) is 12.3 Å². The molecule has 2 aromatic rings. The van der Waals surface area contributed by atoms with Gasteiger partial charge in [0.05, 0.1) is 18.8 Å². The first-order chi connectivity index (χ1) is 14.0. The number of guanidine groups is 1. The minimum Gasteiger partial charge on any atom is -0.359 e. The van der Waals surface area contributed by atoms with E-state index in [1.54, 1.807) is 0 Å². The monoisotopic (exact) mass is 527 g/mol. The summed E-state index contributed by atoms with van der Waals surface area (Å²) in [5.74, 6) is 2.95. The van der Waals surface area contributed by atoms with Crippen LogP contribution >= 0.6 is 24.0 Å². The summed E-state index contributed by atoms with van der Waals surface area (Å²) in [6, 6.07) is 6.19. The molecule has 0 saturated carbocycles. The van der Waals surface area contributed by atoms with E-state index in [2.05, 4.69) is 75.5 Å². The zero-order chi connectivity index (χ0) is 20.6. The van der Waals surface area contributed by atoms with Gasteiger partial charge in [0.15, 0.2) is 11.7 Å². The van der Waals surface area contributed by atoms with Crippen molar-refractivity contribution in [1.29, 1.82) is 0 Å². The lowest BCUT2D eigenvalue weighted by Crippen LogP contribution is -2.44. The summed E-state index contributed by atoms with van der Waals surface area (Å²) in [5, 5.41) is 10.7. The van der Waals surface area contributed by atoms with E-state index in [4.69, 9.17) is 4.52 Å². The third kappa shape index (κ3) is 7.12. The molecular weight excluding hydrogens is 493 g/mol. The number of nitrogens with one attached hydrogen (secondary N) is 2. The number of hydrogen-bond acceptors (Lipinski definition) is 6. The second kappa shape index (κ2) is 12.1. The number of nitrogens with zero attached hydrogens (tertiary/aromatic N) is 5. The number of hydrogen-bond donors (Lipinski definition) is 2. The number of aromatic nitrogens is 2. The summed E-state index contributed by atoms with van der Waals surface area (Å²) in [4.78, 5) is 14.0. The van der Waals surface area contributed by atoms with Gasteiger partial charge in [-0.1, -0.05) is 25.1 Å². The predicted octanol–water partition coefficient (Wildman–Crippen LogP) is 2.82. The number of piperazine rings is 1. The van der Waals surface area contributed by atoms with Gasteiger partial charge in [0, 0.05) is 45.0 Å². The summed E-state index contributed by atoms with van der Waals surface area (Å²) in [5.41, 5.74) is 2.05. The van der Waals surface area contributed by atoms with E-state index < -0.39 is 0 Å². The number of pyridine rings is 1. The fourth-order valence-corrected chi connectivity index (χ4v) is 3.10. The lowest BCUT2D eigenvalue weighted by Gasteiger charge is -2.33. The Hall–Kier alpha value is -1.88. The molecule has 9 heteroatoms. The molecule has 0 bridgehead atoms. The van der Waals surface area contributed by atoms with Crippen LogP contribution < -0.4 is 15.5 Å². The molecule has 1 aliphatic heterocycles. The van der Waals surface area contributed by atoms with Crippen molar-refractivity contribution < 1.29 is 4.52 Å². The van der Waals surface area contributed by atoms with Crippen molar-refractivity contribution in [2.75, 3.05) is 44.7 Å². The molecule has 3 rings (SSSR count). The molecule has 8 nitrogen and oxygen atoms in total. The van der Waals surface area contributed by atoms with Crippen LogP contribution in [0.4, 0.5) is 5.82 Å². The molecule has 0 atom stereocenters. The normalized spacial score (nSPS) is 15.2. The van der Waals surface area contributed by atoms with Crippen molar-refractivity contribution in [3.8, 4) is 0 Å². The standard InChI is InChI=1S/C21H33N7O.HI/c1-5-22-21(25-15-18-12-19(16(2)3)26-29-18)24-14-17-6-7-20(23-13-17)28-10-8-27(4)9-11-28;/h6-7,12-13,16H,5,8-11,14-15H2,1-4H3,(H2,22,24,25);1H. The highest BCUT2D eigenvalue weighted by molar-refractivity contribution is 14.0. The van der Waals surface area contributed by atoms with E-state index in [0.717, 1.165) is 61.5 Å². The maximum Gasteiger partial charge on any atom is 0.191 e. The first-order valence-corrected chi connectivity index (χ1v) is 10.4. The Bertz CT molecular complexity index is 783. The summed E-state index contributed by atoms with van der Waals surface area (Å²) >= 11 is 0. The van der Waals surface area contributed by atoms with Crippen molar-refractivity contribution in [3.05, 3.63) is 41.4 Å². The quantitative estimate of drug-likeness (QED) is 0.326. The summed E-state index contributed by atoms with van der Waals surface area (Å²) < 4.78 is 5.38. The van der Waals surface area contributed by atoms with Crippen LogP contribution in [0.1, 0.15) is 43.7 Å². The van der Waals surface area contributed by atoms with Crippen molar-refractivity contribution >= 4 is 35.8 Å². The number of likely N-dealkylation sites (N-methyl/N-ethyl adjacent to an activating group) is 1. The van der Waals surface area contributed by atoms with Gasteiger partial charge in [-0.05, 0) is 31.5 Å². The zero-order valence-corrected chi connectivity index (χ0v) is 20.7. The number of halogens is 1. The Morgan fingerprint density at radius 1 is 1.20 bits per heavy atom. The predicted molar refractivity (Wildman–Crippen MR) is 132 cm³/mol. The van der Waals surface area contributed by atoms with Gasteiger partial charge in [0.1, 0.15) is 5.82 Å². The molecule has 2 N–H and O–H groups in total. The molecule has 0 unspecified atom stereocenters. The Kier molecular flexibility index (Phi) is 9.83. The molecule has 0 aliphatic carbocycles. The van der Waals surface area contributed by atoms with Gasteiger partial charge in [-0.15, -0.1) is 24.0 Å². The fraction of sp³-hybridized carbons (Fsp3) is 0.571. The Morgan fingerprint density at radius 2 is 1.97 bits per heavy atom.